The van der Waals surface area contributed by atoms with Crippen LogP contribution in [-0.4, -0.2) is 37.7 Å². The van der Waals surface area contributed by atoms with Crippen molar-refractivity contribution in [1.82, 2.24) is 4.90 Å². The summed E-state index contributed by atoms with van der Waals surface area (Å²) in [4.78, 5) is 2.55. The number of rotatable bonds is 12. The predicted octanol–water partition coefficient (Wildman–Crippen LogP) is 6.48. The fraction of sp³-hybridized carbons (Fsp3) is 0.400. The highest BCUT2D eigenvalue weighted by Gasteiger charge is 2.15. The standard InChI is InChI=1S/C30H37NO2/c1-3-9-26(10-4-1)13-7-14-28(15-8-20-31-21-23-32-24-22-31)29-16-18-30(19-17-29)33-25-27-11-5-2-6-12-27/h1-6,9-12,16-19,28H,7-8,13-15,20-25H2. The number of aryl methyl sites for hydroxylation is 1. The van der Waals surface area contributed by atoms with E-state index in [4.69, 9.17) is 9.47 Å². The third-order valence-corrected chi connectivity index (χ3v) is 6.59. The summed E-state index contributed by atoms with van der Waals surface area (Å²) in [5.74, 6) is 1.54. The summed E-state index contributed by atoms with van der Waals surface area (Å²) >= 11 is 0. The van der Waals surface area contributed by atoms with Gasteiger partial charge in [0.25, 0.3) is 0 Å². The van der Waals surface area contributed by atoms with Crippen molar-refractivity contribution < 1.29 is 9.47 Å². The lowest BCUT2D eigenvalue weighted by molar-refractivity contribution is 0.0369. The van der Waals surface area contributed by atoms with Gasteiger partial charge in [0.05, 0.1) is 13.2 Å². The van der Waals surface area contributed by atoms with Gasteiger partial charge in [-0.2, -0.15) is 0 Å². The minimum absolute atomic E-state index is 0.595. The molecule has 1 heterocycles. The van der Waals surface area contributed by atoms with Crippen molar-refractivity contribution in [1.29, 1.82) is 0 Å². The van der Waals surface area contributed by atoms with Crippen LogP contribution in [0, 0.1) is 0 Å². The SMILES string of the molecule is c1ccc(CCCC(CCCN2CCOCC2)c2ccc(OCc3ccccc3)cc2)cc1. The van der Waals surface area contributed by atoms with Gasteiger partial charge in [0.15, 0.2) is 0 Å². The molecule has 0 aromatic heterocycles. The van der Waals surface area contributed by atoms with E-state index in [1.54, 1.807) is 0 Å². The average Bonchev–Trinajstić information content (AvgIpc) is 2.89. The number of ether oxygens (including phenoxy) is 2. The quantitative estimate of drug-likeness (QED) is 0.320. The first kappa shape index (κ1) is 23.5. The first-order valence-electron chi connectivity index (χ1n) is 12.5. The van der Waals surface area contributed by atoms with E-state index in [1.807, 2.05) is 6.07 Å². The number of hydrogen-bond donors (Lipinski definition) is 0. The Morgan fingerprint density at radius 2 is 1.36 bits per heavy atom. The number of nitrogens with zero attached hydrogens (tertiary/aromatic N) is 1. The van der Waals surface area contributed by atoms with Gasteiger partial charge in [-0.25, -0.2) is 0 Å². The fourth-order valence-electron chi connectivity index (χ4n) is 4.64. The lowest BCUT2D eigenvalue weighted by Crippen LogP contribution is -2.36. The van der Waals surface area contributed by atoms with Crippen molar-refractivity contribution in [2.75, 3.05) is 32.8 Å². The highest BCUT2D eigenvalue weighted by atomic mass is 16.5. The highest BCUT2D eigenvalue weighted by Crippen LogP contribution is 2.29. The first-order valence-corrected chi connectivity index (χ1v) is 12.5. The van der Waals surface area contributed by atoms with Gasteiger partial charge in [-0.15, -0.1) is 0 Å². The van der Waals surface area contributed by atoms with Crippen LogP contribution in [0.25, 0.3) is 0 Å². The molecule has 3 heteroatoms. The van der Waals surface area contributed by atoms with Crippen molar-refractivity contribution in [2.24, 2.45) is 0 Å². The molecule has 0 aliphatic carbocycles. The molecule has 0 N–H and O–H groups in total. The molecule has 1 fully saturated rings. The minimum atomic E-state index is 0.595. The fourth-order valence-corrected chi connectivity index (χ4v) is 4.64. The number of morpholine rings is 1. The smallest absolute Gasteiger partial charge is 0.119 e. The lowest BCUT2D eigenvalue weighted by Gasteiger charge is -2.27. The van der Waals surface area contributed by atoms with Crippen molar-refractivity contribution in [3.05, 3.63) is 102 Å². The third kappa shape index (κ3) is 8.03. The summed E-state index contributed by atoms with van der Waals surface area (Å²) in [6.45, 7) is 5.70. The summed E-state index contributed by atoms with van der Waals surface area (Å²) in [6.07, 6.45) is 6.07. The molecule has 0 saturated carbocycles. The second-order valence-electron chi connectivity index (χ2n) is 9.01. The van der Waals surface area contributed by atoms with E-state index in [2.05, 4.69) is 83.8 Å². The highest BCUT2D eigenvalue weighted by molar-refractivity contribution is 5.30. The van der Waals surface area contributed by atoms with E-state index in [9.17, 15) is 0 Å². The monoisotopic (exact) mass is 443 g/mol. The van der Waals surface area contributed by atoms with Gasteiger partial charge in [-0.3, -0.25) is 4.90 Å². The zero-order chi connectivity index (χ0) is 22.6. The maximum Gasteiger partial charge on any atom is 0.119 e. The van der Waals surface area contributed by atoms with Crippen LogP contribution in [-0.2, 0) is 17.8 Å². The Morgan fingerprint density at radius 3 is 2.06 bits per heavy atom. The molecule has 1 saturated heterocycles. The number of benzene rings is 3. The Balaban J connectivity index is 1.32. The molecule has 4 rings (SSSR count). The maximum absolute atomic E-state index is 6.01. The van der Waals surface area contributed by atoms with Gasteiger partial charge in [0, 0.05) is 13.1 Å². The molecular formula is C30H37NO2. The van der Waals surface area contributed by atoms with E-state index in [0.717, 1.165) is 38.5 Å². The van der Waals surface area contributed by atoms with Crippen LogP contribution >= 0.6 is 0 Å². The van der Waals surface area contributed by atoms with Gasteiger partial charge < -0.3 is 9.47 Å². The molecule has 0 bridgehead atoms. The van der Waals surface area contributed by atoms with Crippen molar-refractivity contribution >= 4 is 0 Å². The van der Waals surface area contributed by atoms with Crippen LogP contribution in [0.15, 0.2) is 84.9 Å². The number of hydrogen-bond acceptors (Lipinski definition) is 3. The molecule has 0 radical (unpaired) electrons. The molecule has 1 unspecified atom stereocenters. The topological polar surface area (TPSA) is 21.7 Å². The molecule has 0 amide bonds. The molecule has 3 nitrogen and oxygen atoms in total. The summed E-state index contributed by atoms with van der Waals surface area (Å²) < 4.78 is 11.5. The van der Waals surface area contributed by atoms with E-state index >= 15 is 0 Å². The molecule has 3 aromatic carbocycles. The molecule has 1 aliphatic heterocycles. The van der Waals surface area contributed by atoms with E-state index in [1.165, 1.54) is 48.9 Å². The summed E-state index contributed by atoms with van der Waals surface area (Å²) in [7, 11) is 0. The summed E-state index contributed by atoms with van der Waals surface area (Å²) in [5, 5.41) is 0. The van der Waals surface area contributed by atoms with Gasteiger partial charge >= 0.3 is 0 Å². The van der Waals surface area contributed by atoms with Gasteiger partial charge in [-0.1, -0.05) is 72.8 Å². The first-order chi connectivity index (χ1) is 16.4. The van der Waals surface area contributed by atoms with Crippen molar-refractivity contribution in [2.45, 2.75) is 44.6 Å². The Hall–Kier alpha value is -2.62. The van der Waals surface area contributed by atoms with Gasteiger partial charge in [0.1, 0.15) is 12.4 Å². The molecule has 1 atom stereocenters. The van der Waals surface area contributed by atoms with Crippen molar-refractivity contribution in [3.8, 4) is 5.75 Å². The molecule has 174 valence electrons. The Bertz CT molecular complexity index is 905. The lowest BCUT2D eigenvalue weighted by atomic mass is 9.88. The average molecular weight is 444 g/mol. The zero-order valence-electron chi connectivity index (χ0n) is 19.7. The minimum Gasteiger partial charge on any atom is -0.489 e. The molecular weight excluding hydrogens is 406 g/mol. The van der Waals surface area contributed by atoms with Gasteiger partial charge in [-0.05, 0) is 73.4 Å². The van der Waals surface area contributed by atoms with Crippen LogP contribution in [0.5, 0.6) is 5.75 Å². The summed E-state index contributed by atoms with van der Waals surface area (Å²) in [6, 6.07) is 30.1. The Morgan fingerprint density at radius 1 is 0.727 bits per heavy atom. The van der Waals surface area contributed by atoms with Crippen LogP contribution in [0.2, 0.25) is 0 Å². The molecule has 1 aliphatic rings. The molecule has 3 aromatic rings. The van der Waals surface area contributed by atoms with Gasteiger partial charge in [0.2, 0.25) is 0 Å². The second kappa shape index (κ2) is 13.2. The van der Waals surface area contributed by atoms with Crippen LogP contribution in [0.4, 0.5) is 0 Å². The zero-order valence-corrected chi connectivity index (χ0v) is 19.7. The largest absolute Gasteiger partial charge is 0.489 e. The van der Waals surface area contributed by atoms with E-state index in [0.29, 0.717) is 12.5 Å². The van der Waals surface area contributed by atoms with Crippen LogP contribution < -0.4 is 4.74 Å². The normalized spacial score (nSPS) is 15.3. The van der Waals surface area contributed by atoms with Crippen LogP contribution in [0.3, 0.4) is 0 Å². The van der Waals surface area contributed by atoms with E-state index in [-0.39, 0.29) is 0 Å². The Labute approximate surface area is 199 Å². The summed E-state index contributed by atoms with van der Waals surface area (Å²) in [5.41, 5.74) is 4.08. The van der Waals surface area contributed by atoms with Crippen molar-refractivity contribution in [3.63, 3.8) is 0 Å². The van der Waals surface area contributed by atoms with Crippen LogP contribution in [0.1, 0.15) is 48.3 Å². The predicted molar refractivity (Wildman–Crippen MR) is 136 cm³/mol. The molecule has 33 heavy (non-hydrogen) atoms. The molecule has 0 spiro atoms. The third-order valence-electron chi connectivity index (χ3n) is 6.59. The van der Waals surface area contributed by atoms with E-state index < -0.39 is 0 Å². The second-order valence-corrected chi connectivity index (χ2v) is 9.01. The maximum atomic E-state index is 6.01. The Kier molecular flexibility index (Phi) is 9.40.